The predicted octanol–water partition coefficient (Wildman–Crippen LogP) is 3.20. The van der Waals surface area contributed by atoms with E-state index in [0.29, 0.717) is 11.7 Å². The number of alkyl halides is 3. The number of aryl methyl sites for hydroxylation is 1. The summed E-state index contributed by atoms with van der Waals surface area (Å²) in [6.45, 7) is 6.00. The molecule has 0 bridgehead atoms. The number of hydrogen-bond donors (Lipinski definition) is 1. The van der Waals surface area contributed by atoms with Crippen LogP contribution in [0.3, 0.4) is 0 Å². The third kappa shape index (κ3) is 3.21. The fraction of sp³-hybridized carbons (Fsp3) is 0.571. The Morgan fingerprint density at radius 1 is 1.37 bits per heavy atom. The van der Waals surface area contributed by atoms with Gasteiger partial charge in [0.1, 0.15) is 0 Å². The van der Waals surface area contributed by atoms with Gasteiger partial charge in [0.15, 0.2) is 0 Å². The zero-order chi connectivity index (χ0) is 14.0. The molecule has 1 heterocycles. The van der Waals surface area contributed by atoms with E-state index < -0.39 is 11.7 Å². The lowest BCUT2D eigenvalue weighted by Crippen LogP contribution is -2.32. The van der Waals surface area contributed by atoms with Crippen LogP contribution in [0.4, 0.5) is 18.9 Å². The Labute approximate surface area is 111 Å². The van der Waals surface area contributed by atoms with Gasteiger partial charge in [-0.3, -0.25) is 0 Å². The summed E-state index contributed by atoms with van der Waals surface area (Å²) < 4.78 is 38.6. The Hall–Kier alpha value is -1.23. The Morgan fingerprint density at radius 2 is 2.11 bits per heavy atom. The molecule has 1 N–H and O–H groups in total. The minimum absolute atomic E-state index is 0.277. The Kier molecular flexibility index (Phi) is 4.04. The van der Waals surface area contributed by atoms with Gasteiger partial charge in [-0.25, -0.2) is 0 Å². The molecule has 0 radical (unpaired) electrons. The number of halogens is 3. The lowest BCUT2D eigenvalue weighted by Gasteiger charge is -2.21. The maximum absolute atomic E-state index is 12.9. The summed E-state index contributed by atoms with van der Waals surface area (Å²) in [5.41, 5.74) is 0.411. The van der Waals surface area contributed by atoms with Crippen LogP contribution in [0.2, 0.25) is 0 Å². The number of likely N-dealkylation sites (N-methyl/N-ethyl adjacent to an activating group) is 1. The van der Waals surface area contributed by atoms with Crippen molar-refractivity contribution in [3.63, 3.8) is 0 Å². The molecule has 2 rings (SSSR count). The highest BCUT2D eigenvalue weighted by molar-refractivity contribution is 5.52. The average Bonchev–Trinajstić information content (AvgIpc) is 2.77. The molecule has 106 valence electrons. The third-order valence-corrected chi connectivity index (χ3v) is 3.57. The fourth-order valence-electron chi connectivity index (χ4n) is 2.56. The third-order valence-electron chi connectivity index (χ3n) is 3.57. The van der Waals surface area contributed by atoms with Gasteiger partial charge < -0.3 is 10.2 Å². The van der Waals surface area contributed by atoms with Gasteiger partial charge in [0.2, 0.25) is 0 Å². The van der Waals surface area contributed by atoms with E-state index in [-0.39, 0.29) is 5.56 Å². The van der Waals surface area contributed by atoms with E-state index in [2.05, 4.69) is 5.32 Å². The second-order valence-corrected chi connectivity index (χ2v) is 4.99. The molecule has 1 aromatic carbocycles. The van der Waals surface area contributed by atoms with Gasteiger partial charge in [0.25, 0.3) is 0 Å². The van der Waals surface area contributed by atoms with E-state index in [1.54, 1.807) is 12.1 Å². The number of hydrogen-bond acceptors (Lipinski definition) is 2. The molecule has 1 aliphatic rings. The molecule has 0 spiro atoms. The number of rotatable bonds is 3. The molecule has 1 aromatic rings. The van der Waals surface area contributed by atoms with Gasteiger partial charge in [0, 0.05) is 24.8 Å². The van der Waals surface area contributed by atoms with E-state index in [9.17, 15) is 13.2 Å². The molecule has 0 amide bonds. The number of benzene rings is 1. The molecule has 1 unspecified atom stereocenters. The normalized spacial score (nSPS) is 20.1. The monoisotopic (exact) mass is 272 g/mol. The molecule has 19 heavy (non-hydrogen) atoms. The first-order valence-corrected chi connectivity index (χ1v) is 6.58. The van der Waals surface area contributed by atoms with Crippen molar-refractivity contribution in [1.82, 2.24) is 5.32 Å². The first kappa shape index (κ1) is 14.2. The lowest BCUT2D eigenvalue weighted by atomic mass is 10.1. The number of nitrogens with zero attached hydrogens (tertiary/aromatic N) is 1. The summed E-state index contributed by atoms with van der Waals surface area (Å²) in [5.74, 6) is 0. The van der Waals surface area contributed by atoms with Gasteiger partial charge in [-0.2, -0.15) is 13.2 Å². The predicted molar refractivity (Wildman–Crippen MR) is 70.5 cm³/mol. The van der Waals surface area contributed by atoms with Crippen molar-refractivity contribution >= 4 is 5.69 Å². The van der Waals surface area contributed by atoms with Gasteiger partial charge >= 0.3 is 6.18 Å². The molecular weight excluding hydrogens is 253 g/mol. The van der Waals surface area contributed by atoms with E-state index in [1.807, 2.05) is 11.8 Å². The van der Waals surface area contributed by atoms with Gasteiger partial charge in [-0.05, 0) is 37.6 Å². The van der Waals surface area contributed by atoms with Crippen LogP contribution in [0.25, 0.3) is 0 Å². The SMILES string of the molecule is CCNC1CCN(c2ccc(C)c(C(F)(F)F)c2)C1. The molecule has 5 heteroatoms. The molecule has 2 nitrogen and oxygen atoms in total. The quantitative estimate of drug-likeness (QED) is 0.909. The van der Waals surface area contributed by atoms with Crippen molar-refractivity contribution < 1.29 is 13.2 Å². The molecule has 1 saturated heterocycles. The molecule has 0 aliphatic carbocycles. The Morgan fingerprint density at radius 3 is 2.74 bits per heavy atom. The van der Waals surface area contributed by atoms with Crippen LogP contribution in [0.1, 0.15) is 24.5 Å². The topological polar surface area (TPSA) is 15.3 Å². The molecule has 0 saturated carbocycles. The molecular formula is C14H19F3N2. The Bertz CT molecular complexity index is 443. The molecule has 1 aliphatic heterocycles. The zero-order valence-electron chi connectivity index (χ0n) is 11.2. The summed E-state index contributed by atoms with van der Waals surface area (Å²) in [4.78, 5) is 2.02. The summed E-state index contributed by atoms with van der Waals surface area (Å²) >= 11 is 0. The van der Waals surface area contributed by atoms with E-state index in [4.69, 9.17) is 0 Å². The van der Waals surface area contributed by atoms with Crippen molar-refractivity contribution in [1.29, 1.82) is 0 Å². The van der Waals surface area contributed by atoms with Crippen LogP contribution in [0.5, 0.6) is 0 Å². The summed E-state index contributed by atoms with van der Waals surface area (Å²) in [5, 5.41) is 3.34. The molecule has 1 atom stereocenters. The first-order chi connectivity index (χ1) is 8.91. The summed E-state index contributed by atoms with van der Waals surface area (Å²) in [6.07, 6.45) is -3.30. The van der Waals surface area contributed by atoms with Crippen molar-refractivity contribution in [2.45, 2.75) is 32.5 Å². The zero-order valence-corrected chi connectivity index (χ0v) is 11.2. The van der Waals surface area contributed by atoms with Crippen LogP contribution >= 0.6 is 0 Å². The fourth-order valence-corrected chi connectivity index (χ4v) is 2.56. The maximum atomic E-state index is 12.9. The smallest absolute Gasteiger partial charge is 0.370 e. The average molecular weight is 272 g/mol. The standard InChI is InChI=1S/C14H19F3N2/c1-3-18-11-6-7-19(9-11)12-5-4-10(2)13(8-12)14(15,16)17/h4-5,8,11,18H,3,6-7,9H2,1-2H3. The first-order valence-electron chi connectivity index (χ1n) is 6.58. The lowest BCUT2D eigenvalue weighted by molar-refractivity contribution is -0.138. The van der Waals surface area contributed by atoms with Crippen molar-refractivity contribution in [3.05, 3.63) is 29.3 Å². The molecule has 1 fully saturated rings. The van der Waals surface area contributed by atoms with Crippen LogP contribution < -0.4 is 10.2 Å². The van der Waals surface area contributed by atoms with Crippen LogP contribution in [0.15, 0.2) is 18.2 Å². The van der Waals surface area contributed by atoms with Crippen LogP contribution in [-0.2, 0) is 6.18 Å². The minimum atomic E-state index is -4.28. The van der Waals surface area contributed by atoms with Gasteiger partial charge in [-0.1, -0.05) is 13.0 Å². The summed E-state index contributed by atoms with van der Waals surface area (Å²) in [7, 11) is 0. The highest BCUT2D eigenvalue weighted by atomic mass is 19.4. The summed E-state index contributed by atoms with van der Waals surface area (Å²) in [6, 6.07) is 4.97. The second-order valence-electron chi connectivity index (χ2n) is 4.99. The minimum Gasteiger partial charge on any atom is -0.370 e. The van der Waals surface area contributed by atoms with Crippen molar-refractivity contribution in [2.24, 2.45) is 0 Å². The van der Waals surface area contributed by atoms with E-state index in [0.717, 1.165) is 26.1 Å². The van der Waals surface area contributed by atoms with E-state index in [1.165, 1.54) is 13.0 Å². The van der Waals surface area contributed by atoms with E-state index >= 15 is 0 Å². The highest BCUT2D eigenvalue weighted by Crippen LogP contribution is 2.34. The van der Waals surface area contributed by atoms with Crippen molar-refractivity contribution in [3.8, 4) is 0 Å². The number of anilines is 1. The van der Waals surface area contributed by atoms with Gasteiger partial charge in [0.05, 0.1) is 5.56 Å². The molecule has 0 aromatic heterocycles. The van der Waals surface area contributed by atoms with Gasteiger partial charge in [-0.15, -0.1) is 0 Å². The second kappa shape index (κ2) is 5.41. The highest BCUT2D eigenvalue weighted by Gasteiger charge is 2.33. The largest absolute Gasteiger partial charge is 0.416 e. The number of nitrogens with one attached hydrogen (secondary N) is 1. The van der Waals surface area contributed by atoms with Crippen LogP contribution in [-0.4, -0.2) is 25.7 Å². The van der Waals surface area contributed by atoms with Crippen molar-refractivity contribution in [2.75, 3.05) is 24.5 Å². The Balaban J connectivity index is 2.18. The maximum Gasteiger partial charge on any atom is 0.416 e. The van der Waals surface area contributed by atoms with Crippen LogP contribution in [0, 0.1) is 6.92 Å².